The predicted molar refractivity (Wildman–Crippen MR) is 132 cm³/mol. The first-order valence-corrected chi connectivity index (χ1v) is 12.4. The van der Waals surface area contributed by atoms with E-state index in [1.54, 1.807) is 23.7 Å². The van der Waals surface area contributed by atoms with Gasteiger partial charge in [-0.25, -0.2) is 4.79 Å². The lowest BCUT2D eigenvalue weighted by molar-refractivity contribution is -0.113. The topological polar surface area (TPSA) is 99.2 Å². The highest BCUT2D eigenvalue weighted by molar-refractivity contribution is 9.10. The number of nitrogens with one attached hydrogen (secondary N) is 1. The van der Waals surface area contributed by atoms with E-state index < -0.39 is 5.97 Å². The van der Waals surface area contributed by atoms with Crippen molar-refractivity contribution in [3.8, 4) is 22.7 Å². The van der Waals surface area contributed by atoms with E-state index in [0.29, 0.717) is 32.0 Å². The molecule has 0 saturated heterocycles. The van der Waals surface area contributed by atoms with Crippen LogP contribution in [0.15, 0.2) is 56.0 Å². The number of furan rings is 1. The third kappa shape index (κ3) is 5.05. The Morgan fingerprint density at radius 3 is 2.64 bits per heavy atom. The Bertz CT molecular complexity index is 1310. The zero-order chi connectivity index (χ0) is 23.5. The van der Waals surface area contributed by atoms with Crippen LogP contribution < -0.4 is 5.32 Å². The van der Waals surface area contributed by atoms with Gasteiger partial charge in [0.25, 0.3) is 0 Å². The molecule has 4 rings (SSSR count). The summed E-state index contributed by atoms with van der Waals surface area (Å²) < 4.78 is 12.8. The minimum absolute atomic E-state index is 0.0895. The number of methoxy groups -OCH3 is 1. The number of thiophene rings is 1. The maximum absolute atomic E-state index is 12.7. The molecule has 4 aromatic rings. The molecule has 0 radical (unpaired) electrons. The van der Waals surface area contributed by atoms with Crippen molar-refractivity contribution in [2.24, 2.45) is 7.05 Å². The summed E-state index contributed by atoms with van der Waals surface area (Å²) in [5.74, 6) is 0.437. The Balaban J connectivity index is 1.48. The molecule has 0 saturated carbocycles. The van der Waals surface area contributed by atoms with Crippen molar-refractivity contribution in [1.29, 1.82) is 0 Å². The minimum atomic E-state index is -0.502. The number of esters is 1. The molecule has 170 valence electrons. The van der Waals surface area contributed by atoms with Gasteiger partial charge in [0.2, 0.25) is 5.91 Å². The van der Waals surface area contributed by atoms with Gasteiger partial charge in [0.1, 0.15) is 10.6 Å². The molecule has 33 heavy (non-hydrogen) atoms. The van der Waals surface area contributed by atoms with E-state index in [1.807, 2.05) is 36.6 Å². The molecule has 0 aliphatic rings. The number of ether oxygens (including phenoxy) is 1. The summed E-state index contributed by atoms with van der Waals surface area (Å²) in [6, 6.07) is 11.4. The molecule has 0 atom stereocenters. The second kappa shape index (κ2) is 9.94. The molecule has 3 aromatic heterocycles. The van der Waals surface area contributed by atoms with Crippen LogP contribution in [0.2, 0.25) is 0 Å². The van der Waals surface area contributed by atoms with E-state index in [0.717, 1.165) is 16.7 Å². The standard InChI is InChI=1S/C22H19BrN4O4S2/c1-12-4-6-13(7-5-12)14-10-32-20(18(14)21(29)30-3)24-17(28)11-33-22-26-25-19(27(22)2)15-8-9-16(23)31-15/h4-10H,11H2,1-3H3,(H,24,28). The number of aromatic nitrogens is 3. The number of benzene rings is 1. The van der Waals surface area contributed by atoms with E-state index in [-0.39, 0.29) is 11.7 Å². The fourth-order valence-electron chi connectivity index (χ4n) is 3.08. The normalized spacial score (nSPS) is 10.9. The third-order valence-corrected chi connectivity index (χ3v) is 7.10. The van der Waals surface area contributed by atoms with E-state index in [9.17, 15) is 9.59 Å². The van der Waals surface area contributed by atoms with Crippen molar-refractivity contribution < 1.29 is 18.7 Å². The highest BCUT2D eigenvalue weighted by Gasteiger charge is 2.23. The maximum Gasteiger partial charge on any atom is 0.341 e. The van der Waals surface area contributed by atoms with Gasteiger partial charge in [-0.2, -0.15) is 0 Å². The number of halogens is 1. The van der Waals surface area contributed by atoms with Crippen LogP contribution >= 0.6 is 39.0 Å². The van der Waals surface area contributed by atoms with E-state index >= 15 is 0 Å². The summed E-state index contributed by atoms with van der Waals surface area (Å²) in [6.45, 7) is 2.00. The Kier molecular flexibility index (Phi) is 7.01. The van der Waals surface area contributed by atoms with E-state index in [1.165, 1.54) is 30.2 Å². The molecule has 8 nitrogen and oxygen atoms in total. The number of thioether (sulfide) groups is 1. The molecule has 0 unspecified atom stereocenters. The van der Waals surface area contributed by atoms with Crippen molar-refractivity contribution in [2.45, 2.75) is 12.1 Å². The highest BCUT2D eigenvalue weighted by Crippen LogP contribution is 2.36. The van der Waals surface area contributed by atoms with Gasteiger partial charge in [-0.3, -0.25) is 4.79 Å². The molecular formula is C22H19BrN4O4S2. The minimum Gasteiger partial charge on any atom is -0.465 e. The number of nitrogens with zero attached hydrogens (tertiary/aromatic N) is 3. The van der Waals surface area contributed by atoms with Gasteiger partial charge in [-0.05, 0) is 40.5 Å². The molecule has 0 bridgehead atoms. The first-order valence-electron chi connectivity index (χ1n) is 9.72. The smallest absolute Gasteiger partial charge is 0.341 e. The van der Waals surface area contributed by atoms with E-state index in [4.69, 9.17) is 9.15 Å². The lowest BCUT2D eigenvalue weighted by atomic mass is 10.0. The quantitative estimate of drug-likeness (QED) is 0.245. The molecule has 0 fully saturated rings. The number of hydrogen-bond donors (Lipinski definition) is 1. The van der Waals surface area contributed by atoms with Crippen LogP contribution in [-0.4, -0.2) is 39.5 Å². The molecular weight excluding hydrogens is 528 g/mol. The van der Waals surface area contributed by atoms with Gasteiger partial charge in [0, 0.05) is 18.0 Å². The second-order valence-corrected chi connectivity index (χ2v) is 9.62. The summed E-state index contributed by atoms with van der Waals surface area (Å²) in [7, 11) is 3.12. The highest BCUT2D eigenvalue weighted by atomic mass is 79.9. The Morgan fingerprint density at radius 2 is 1.97 bits per heavy atom. The lowest BCUT2D eigenvalue weighted by Crippen LogP contribution is -2.16. The molecule has 11 heteroatoms. The van der Waals surface area contributed by atoms with Crippen molar-refractivity contribution in [1.82, 2.24) is 14.8 Å². The zero-order valence-electron chi connectivity index (χ0n) is 17.9. The van der Waals surface area contributed by atoms with Gasteiger partial charge in [-0.15, -0.1) is 21.5 Å². The molecule has 1 amide bonds. The molecule has 1 aromatic carbocycles. The first kappa shape index (κ1) is 23.3. The van der Waals surface area contributed by atoms with Crippen LogP contribution in [0.5, 0.6) is 0 Å². The van der Waals surface area contributed by atoms with Crippen molar-refractivity contribution in [3.05, 3.63) is 57.6 Å². The van der Waals surface area contributed by atoms with Gasteiger partial charge in [0.15, 0.2) is 21.4 Å². The lowest BCUT2D eigenvalue weighted by Gasteiger charge is -2.08. The number of carbonyl (C=O) groups excluding carboxylic acids is 2. The van der Waals surface area contributed by atoms with Crippen LogP contribution in [0.4, 0.5) is 5.00 Å². The monoisotopic (exact) mass is 546 g/mol. The predicted octanol–water partition coefficient (Wildman–Crippen LogP) is 5.39. The van der Waals surface area contributed by atoms with Gasteiger partial charge >= 0.3 is 5.97 Å². The van der Waals surface area contributed by atoms with Gasteiger partial charge < -0.3 is 19.0 Å². The van der Waals surface area contributed by atoms with Crippen LogP contribution in [0.25, 0.3) is 22.7 Å². The van der Waals surface area contributed by atoms with Crippen LogP contribution in [-0.2, 0) is 16.6 Å². The second-order valence-electron chi connectivity index (χ2n) is 7.02. The molecule has 0 aliphatic heterocycles. The molecule has 3 heterocycles. The van der Waals surface area contributed by atoms with E-state index in [2.05, 4.69) is 31.4 Å². The van der Waals surface area contributed by atoms with Gasteiger partial charge in [-0.1, -0.05) is 41.6 Å². The summed E-state index contributed by atoms with van der Waals surface area (Å²) in [5.41, 5.74) is 3.06. The third-order valence-electron chi connectivity index (χ3n) is 4.76. The van der Waals surface area contributed by atoms with Crippen LogP contribution in [0, 0.1) is 6.92 Å². The summed E-state index contributed by atoms with van der Waals surface area (Å²) in [5, 5.41) is 14.0. The van der Waals surface area contributed by atoms with Crippen molar-refractivity contribution >= 4 is 55.9 Å². The fraction of sp³-hybridized carbons (Fsp3) is 0.182. The molecule has 0 aliphatic carbocycles. The number of rotatable bonds is 7. The Hall–Kier alpha value is -2.89. The number of aryl methyl sites for hydroxylation is 1. The number of carbonyl (C=O) groups is 2. The fourth-order valence-corrected chi connectivity index (χ4v) is 5.07. The average molecular weight is 547 g/mol. The zero-order valence-corrected chi connectivity index (χ0v) is 21.1. The number of hydrogen-bond acceptors (Lipinski definition) is 8. The SMILES string of the molecule is COC(=O)c1c(-c2ccc(C)cc2)csc1NC(=O)CSc1nnc(-c2ccc(Br)o2)n1C. The number of amides is 1. The van der Waals surface area contributed by atoms with Crippen LogP contribution in [0.1, 0.15) is 15.9 Å². The largest absolute Gasteiger partial charge is 0.465 e. The molecule has 1 N–H and O–H groups in total. The Morgan fingerprint density at radius 1 is 1.21 bits per heavy atom. The molecule has 0 spiro atoms. The summed E-state index contributed by atoms with van der Waals surface area (Å²) in [4.78, 5) is 25.2. The maximum atomic E-state index is 12.7. The Labute approximate surface area is 206 Å². The number of anilines is 1. The van der Waals surface area contributed by atoms with Gasteiger partial charge in [0.05, 0.1) is 12.9 Å². The first-order chi connectivity index (χ1) is 15.9. The van der Waals surface area contributed by atoms with Crippen molar-refractivity contribution in [3.63, 3.8) is 0 Å². The van der Waals surface area contributed by atoms with Crippen LogP contribution in [0.3, 0.4) is 0 Å². The average Bonchev–Trinajstić information content (AvgIpc) is 3.51. The summed E-state index contributed by atoms with van der Waals surface area (Å²) in [6.07, 6.45) is 0. The van der Waals surface area contributed by atoms with Crippen molar-refractivity contribution in [2.75, 3.05) is 18.2 Å². The summed E-state index contributed by atoms with van der Waals surface area (Å²) >= 11 is 5.79.